The molecule has 2 fully saturated rings. The van der Waals surface area contributed by atoms with Crippen molar-refractivity contribution in [2.24, 2.45) is 5.41 Å². The predicted molar refractivity (Wildman–Crippen MR) is 82.8 cm³/mol. The Bertz CT molecular complexity index is 532. The molecule has 0 radical (unpaired) electrons. The van der Waals surface area contributed by atoms with Crippen LogP contribution in [0.1, 0.15) is 50.3 Å². The van der Waals surface area contributed by atoms with Gasteiger partial charge in [0.05, 0.1) is 18.2 Å². The highest BCUT2D eigenvalue weighted by Gasteiger charge is 2.57. The summed E-state index contributed by atoms with van der Waals surface area (Å²) in [5.74, 6) is -0.0144. The van der Waals surface area contributed by atoms with Crippen LogP contribution in [0.3, 0.4) is 0 Å². The van der Waals surface area contributed by atoms with E-state index < -0.39 is 0 Å². The molecule has 5 nitrogen and oxygen atoms in total. The SMILES string of the molecule is CCO[C@H]1C[C@@H](NC(=O)Cc2c(C)noc2Cl)C12CCCC2. The largest absolute Gasteiger partial charge is 0.378 e. The Kier molecular flexibility index (Phi) is 4.46. The number of carbonyl (C=O) groups excluding carboxylic acids is 1. The van der Waals surface area contributed by atoms with Gasteiger partial charge in [0.25, 0.3) is 0 Å². The Morgan fingerprint density at radius 3 is 2.82 bits per heavy atom. The summed E-state index contributed by atoms with van der Waals surface area (Å²) in [5.41, 5.74) is 1.51. The molecule has 1 amide bonds. The molecule has 0 unspecified atom stereocenters. The van der Waals surface area contributed by atoms with E-state index in [1.807, 2.05) is 6.92 Å². The van der Waals surface area contributed by atoms with E-state index in [9.17, 15) is 4.79 Å². The lowest BCUT2D eigenvalue weighted by molar-refractivity contribution is -0.143. The molecule has 2 atom stereocenters. The van der Waals surface area contributed by atoms with Crippen molar-refractivity contribution in [3.8, 4) is 0 Å². The first-order valence-corrected chi connectivity index (χ1v) is 8.46. The minimum atomic E-state index is -0.0144. The first-order chi connectivity index (χ1) is 10.6. The topological polar surface area (TPSA) is 64.4 Å². The van der Waals surface area contributed by atoms with Gasteiger partial charge < -0.3 is 14.6 Å². The zero-order valence-electron chi connectivity index (χ0n) is 13.2. The molecule has 1 spiro atoms. The van der Waals surface area contributed by atoms with Gasteiger partial charge >= 0.3 is 0 Å². The minimum Gasteiger partial charge on any atom is -0.378 e. The minimum absolute atomic E-state index is 0.0144. The number of aromatic nitrogens is 1. The highest BCUT2D eigenvalue weighted by atomic mass is 35.5. The summed E-state index contributed by atoms with van der Waals surface area (Å²) >= 11 is 5.93. The van der Waals surface area contributed by atoms with Crippen molar-refractivity contribution in [2.45, 2.75) is 64.5 Å². The van der Waals surface area contributed by atoms with Gasteiger partial charge in [-0.15, -0.1) is 0 Å². The van der Waals surface area contributed by atoms with Gasteiger partial charge in [0.2, 0.25) is 11.1 Å². The lowest BCUT2D eigenvalue weighted by Gasteiger charge is -2.54. The molecular formula is C16H23ClN2O3. The van der Waals surface area contributed by atoms with E-state index >= 15 is 0 Å². The average Bonchev–Trinajstić information content (AvgIpc) is 3.11. The first-order valence-electron chi connectivity index (χ1n) is 8.08. The Labute approximate surface area is 135 Å². The molecule has 6 heteroatoms. The summed E-state index contributed by atoms with van der Waals surface area (Å²) < 4.78 is 10.8. The molecule has 1 heterocycles. The van der Waals surface area contributed by atoms with Crippen molar-refractivity contribution in [3.63, 3.8) is 0 Å². The van der Waals surface area contributed by atoms with Crippen LogP contribution in [0.15, 0.2) is 4.52 Å². The summed E-state index contributed by atoms with van der Waals surface area (Å²) in [6.07, 6.45) is 6.19. The lowest BCUT2D eigenvalue weighted by atomic mass is 9.60. The standard InChI is InChI=1S/C16H23ClN2O3/c1-3-21-13-9-12(16(13)6-4-5-7-16)18-14(20)8-11-10(2)19-22-15(11)17/h12-13H,3-9H2,1-2H3,(H,18,20)/t12-,13+/m1/s1. The van der Waals surface area contributed by atoms with E-state index in [0.717, 1.165) is 25.9 Å². The van der Waals surface area contributed by atoms with Crippen LogP contribution in [0.5, 0.6) is 0 Å². The number of nitrogens with zero attached hydrogens (tertiary/aromatic N) is 1. The maximum atomic E-state index is 12.3. The molecule has 1 aromatic rings. The average molecular weight is 327 g/mol. The van der Waals surface area contributed by atoms with Crippen LogP contribution in [0, 0.1) is 12.3 Å². The zero-order valence-corrected chi connectivity index (χ0v) is 13.9. The van der Waals surface area contributed by atoms with Gasteiger partial charge in [0, 0.05) is 23.6 Å². The Morgan fingerprint density at radius 2 is 2.23 bits per heavy atom. The van der Waals surface area contributed by atoms with Gasteiger partial charge in [-0.05, 0) is 44.7 Å². The van der Waals surface area contributed by atoms with Crippen molar-refractivity contribution in [2.75, 3.05) is 6.61 Å². The molecule has 22 heavy (non-hydrogen) atoms. The lowest BCUT2D eigenvalue weighted by Crippen LogP contribution is -2.63. The molecule has 2 saturated carbocycles. The van der Waals surface area contributed by atoms with Gasteiger partial charge in [0.15, 0.2) is 0 Å². The zero-order chi connectivity index (χ0) is 15.7. The number of ether oxygens (including phenoxy) is 1. The molecule has 2 aliphatic carbocycles. The third-order valence-electron chi connectivity index (χ3n) is 5.30. The quantitative estimate of drug-likeness (QED) is 0.903. The number of carbonyl (C=O) groups is 1. The molecule has 122 valence electrons. The molecule has 2 aliphatic rings. The van der Waals surface area contributed by atoms with Crippen molar-refractivity contribution in [3.05, 3.63) is 16.5 Å². The van der Waals surface area contributed by atoms with Gasteiger partial charge in [-0.1, -0.05) is 18.0 Å². The van der Waals surface area contributed by atoms with Crippen LogP contribution in [0.4, 0.5) is 0 Å². The van der Waals surface area contributed by atoms with Crippen molar-refractivity contribution in [1.82, 2.24) is 10.5 Å². The Balaban J connectivity index is 1.62. The van der Waals surface area contributed by atoms with Crippen LogP contribution in [-0.4, -0.2) is 29.8 Å². The van der Waals surface area contributed by atoms with Crippen molar-refractivity contribution >= 4 is 17.5 Å². The van der Waals surface area contributed by atoms with E-state index in [-0.39, 0.29) is 29.0 Å². The van der Waals surface area contributed by atoms with Crippen LogP contribution >= 0.6 is 11.6 Å². The smallest absolute Gasteiger partial charge is 0.229 e. The summed E-state index contributed by atoms with van der Waals surface area (Å²) in [5, 5.41) is 7.18. The fourth-order valence-electron chi connectivity index (χ4n) is 4.05. The monoisotopic (exact) mass is 326 g/mol. The molecule has 0 aromatic carbocycles. The summed E-state index contributed by atoms with van der Waals surface area (Å²) in [7, 11) is 0. The second kappa shape index (κ2) is 6.20. The van der Waals surface area contributed by atoms with E-state index in [2.05, 4.69) is 10.5 Å². The third-order valence-corrected chi connectivity index (χ3v) is 5.59. The molecule has 0 aliphatic heterocycles. The molecule has 0 bridgehead atoms. The van der Waals surface area contributed by atoms with Crippen LogP contribution in [0.25, 0.3) is 0 Å². The second-order valence-electron chi connectivity index (χ2n) is 6.44. The normalized spacial score (nSPS) is 26.1. The van der Waals surface area contributed by atoms with Crippen LogP contribution in [0.2, 0.25) is 5.22 Å². The summed E-state index contributed by atoms with van der Waals surface area (Å²) in [6.45, 7) is 4.57. The highest BCUT2D eigenvalue weighted by Crippen LogP contribution is 2.54. The molecule has 0 saturated heterocycles. The van der Waals surface area contributed by atoms with Gasteiger partial charge in [-0.25, -0.2) is 0 Å². The number of hydrogen-bond acceptors (Lipinski definition) is 4. The number of aryl methyl sites for hydroxylation is 1. The van der Waals surface area contributed by atoms with E-state index in [4.69, 9.17) is 20.9 Å². The van der Waals surface area contributed by atoms with Crippen molar-refractivity contribution < 1.29 is 14.1 Å². The Morgan fingerprint density at radius 1 is 1.50 bits per heavy atom. The van der Waals surface area contributed by atoms with E-state index in [1.165, 1.54) is 12.8 Å². The highest BCUT2D eigenvalue weighted by molar-refractivity contribution is 6.29. The number of rotatable bonds is 5. The van der Waals surface area contributed by atoms with Gasteiger partial charge in [0.1, 0.15) is 0 Å². The maximum Gasteiger partial charge on any atom is 0.229 e. The van der Waals surface area contributed by atoms with Crippen molar-refractivity contribution in [1.29, 1.82) is 0 Å². The number of halogens is 1. The fraction of sp³-hybridized carbons (Fsp3) is 0.750. The van der Waals surface area contributed by atoms with Crippen LogP contribution in [-0.2, 0) is 16.0 Å². The predicted octanol–water partition coefficient (Wildman–Crippen LogP) is 3.03. The Hall–Kier alpha value is -1.07. The first kappa shape index (κ1) is 15.8. The van der Waals surface area contributed by atoms with Gasteiger partial charge in [-0.3, -0.25) is 4.79 Å². The number of nitrogens with one attached hydrogen (secondary N) is 1. The fourth-order valence-corrected chi connectivity index (χ4v) is 4.29. The second-order valence-corrected chi connectivity index (χ2v) is 6.78. The van der Waals surface area contributed by atoms with E-state index in [0.29, 0.717) is 17.4 Å². The summed E-state index contributed by atoms with van der Waals surface area (Å²) in [4.78, 5) is 12.3. The molecular weight excluding hydrogens is 304 g/mol. The maximum absolute atomic E-state index is 12.3. The molecule has 3 rings (SSSR count). The van der Waals surface area contributed by atoms with Crippen LogP contribution < -0.4 is 5.32 Å². The molecule has 1 N–H and O–H groups in total. The number of amides is 1. The summed E-state index contributed by atoms with van der Waals surface area (Å²) in [6, 6.07) is 0.220. The molecule has 1 aromatic heterocycles. The third kappa shape index (κ3) is 2.65. The number of hydrogen-bond donors (Lipinski definition) is 1. The van der Waals surface area contributed by atoms with E-state index in [1.54, 1.807) is 6.92 Å². The van der Waals surface area contributed by atoms with Gasteiger partial charge in [-0.2, -0.15) is 0 Å².